The number of benzene rings is 1. The lowest BCUT2D eigenvalue weighted by Gasteiger charge is -2.58. The predicted octanol–water partition coefficient (Wildman–Crippen LogP) is 6.39. The van der Waals surface area contributed by atoms with Gasteiger partial charge < -0.3 is 24.0 Å². The lowest BCUT2D eigenvalue weighted by Crippen LogP contribution is -2.65. The van der Waals surface area contributed by atoms with Crippen LogP contribution >= 0.6 is 0 Å². The van der Waals surface area contributed by atoms with Crippen molar-refractivity contribution in [1.29, 1.82) is 0 Å². The molecule has 3 aromatic rings. The first-order valence-corrected chi connectivity index (χ1v) is 15.6. The van der Waals surface area contributed by atoms with E-state index in [4.69, 9.17) is 14.2 Å². The number of rotatable bonds is 8. The normalized spacial score (nSPS) is 17.0. The molecule has 1 aliphatic carbocycles. The number of ether oxygens (including phenoxy) is 3. The fourth-order valence-corrected chi connectivity index (χ4v) is 6.33. The zero-order valence-corrected chi connectivity index (χ0v) is 27.1. The SMILES string of the molecule is CC(C)N(/C=C/F)C(=O)c1cc(F)ccc1Oc1cncnc1N1CC2(CC(Oc3ccnc4c3CN(C(=O)OC(C)(C)C)C4)C2)C1. The first-order valence-electron chi connectivity index (χ1n) is 15.6. The van der Waals surface area contributed by atoms with Gasteiger partial charge in [-0.3, -0.25) is 14.7 Å². The lowest BCUT2D eigenvalue weighted by atomic mass is 9.61. The maximum Gasteiger partial charge on any atom is 0.410 e. The second kappa shape index (κ2) is 12.4. The fourth-order valence-electron chi connectivity index (χ4n) is 6.33. The van der Waals surface area contributed by atoms with Crippen LogP contribution in [-0.4, -0.2) is 67.6 Å². The molecule has 6 rings (SSSR count). The summed E-state index contributed by atoms with van der Waals surface area (Å²) in [6.07, 6.45) is 7.26. The molecule has 2 amide bonds. The molecule has 1 saturated heterocycles. The van der Waals surface area contributed by atoms with Crippen molar-refractivity contribution in [2.45, 2.75) is 78.3 Å². The van der Waals surface area contributed by atoms with Gasteiger partial charge in [0.2, 0.25) is 0 Å². The molecule has 0 unspecified atom stereocenters. The van der Waals surface area contributed by atoms with Crippen LogP contribution in [0.25, 0.3) is 0 Å². The third kappa shape index (κ3) is 6.70. The summed E-state index contributed by atoms with van der Waals surface area (Å²) in [5, 5.41) is 0. The number of hydrogen-bond donors (Lipinski definition) is 0. The minimum atomic E-state index is -0.623. The molecular formula is C34H38F2N6O5. The molecule has 0 radical (unpaired) electrons. The molecule has 13 heteroatoms. The Labute approximate surface area is 272 Å². The summed E-state index contributed by atoms with van der Waals surface area (Å²) in [5.74, 6) is 0.480. The van der Waals surface area contributed by atoms with Crippen molar-refractivity contribution in [1.82, 2.24) is 24.8 Å². The summed E-state index contributed by atoms with van der Waals surface area (Å²) in [5.41, 5.74) is 1.14. The highest BCUT2D eigenvalue weighted by Gasteiger charge is 2.54. The maximum atomic E-state index is 14.3. The van der Waals surface area contributed by atoms with Crippen LogP contribution < -0.4 is 14.4 Å². The number of amides is 2. The Balaban J connectivity index is 1.09. The van der Waals surface area contributed by atoms with Gasteiger partial charge >= 0.3 is 6.09 Å². The van der Waals surface area contributed by atoms with E-state index in [1.807, 2.05) is 26.8 Å². The summed E-state index contributed by atoms with van der Waals surface area (Å²) >= 11 is 0. The number of anilines is 1. The standard InChI is InChI=1S/C34H38F2N6O5/c1-21(2)42(11-9-35)31(43)24-12-22(36)6-7-27(24)46-29-15-37-20-39-30(29)41-18-34(19-41)13-23(14-34)45-28-8-10-38-26-17-40(16-25(26)28)32(44)47-33(3,4)5/h6-12,15,20-21,23H,13-14,16-19H2,1-5H3/b11-9+. The molecule has 2 fully saturated rings. The predicted molar refractivity (Wildman–Crippen MR) is 168 cm³/mol. The molecule has 248 valence electrons. The zero-order chi connectivity index (χ0) is 33.5. The first-order chi connectivity index (χ1) is 22.3. The van der Waals surface area contributed by atoms with Crippen LogP contribution in [-0.2, 0) is 17.8 Å². The number of halogens is 2. The summed E-state index contributed by atoms with van der Waals surface area (Å²) in [4.78, 5) is 43.8. The van der Waals surface area contributed by atoms with E-state index in [0.29, 0.717) is 24.7 Å². The minimum Gasteiger partial charge on any atom is -0.490 e. The van der Waals surface area contributed by atoms with Gasteiger partial charge in [-0.05, 0) is 71.7 Å². The molecule has 11 nitrogen and oxygen atoms in total. The molecule has 2 aromatic heterocycles. The summed E-state index contributed by atoms with van der Waals surface area (Å²) in [7, 11) is 0. The van der Waals surface area contributed by atoms with Gasteiger partial charge in [0.15, 0.2) is 11.6 Å². The van der Waals surface area contributed by atoms with E-state index < -0.39 is 17.3 Å². The van der Waals surface area contributed by atoms with Gasteiger partial charge in [0.1, 0.15) is 41.7 Å². The van der Waals surface area contributed by atoms with Gasteiger partial charge in [0.05, 0.1) is 30.5 Å². The highest BCUT2D eigenvalue weighted by atomic mass is 19.1. The number of fused-ring (bicyclic) bond motifs is 1. The van der Waals surface area contributed by atoms with Crippen LogP contribution in [0.4, 0.5) is 19.4 Å². The van der Waals surface area contributed by atoms with E-state index in [1.54, 1.807) is 24.9 Å². The van der Waals surface area contributed by atoms with Crippen LogP contribution in [0.3, 0.4) is 0 Å². The highest BCUT2D eigenvalue weighted by molar-refractivity contribution is 5.98. The van der Waals surface area contributed by atoms with Crippen molar-refractivity contribution in [3.8, 4) is 17.2 Å². The van der Waals surface area contributed by atoms with Crippen molar-refractivity contribution in [2.75, 3.05) is 18.0 Å². The Bertz CT molecular complexity index is 1700. The summed E-state index contributed by atoms with van der Waals surface area (Å²) in [6, 6.07) is 5.11. The van der Waals surface area contributed by atoms with Crippen molar-refractivity contribution in [2.24, 2.45) is 5.41 Å². The number of pyridine rings is 1. The number of hydrogen-bond acceptors (Lipinski definition) is 9. The molecular weight excluding hydrogens is 610 g/mol. The second-order valence-electron chi connectivity index (χ2n) is 13.6. The number of carbonyl (C=O) groups excluding carboxylic acids is 2. The molecule has 47 heavy (non-hydrogen) atoms. The molecule has 1 saturated carbocycles. The Morgan fingerprint density at radius 1 is 1.09 bits per heavy atom. The van der Waals surface area contributed by atoms with Gasteiger partial charge in [-0.25, -0.2) is 23.5 Å². The third-order valence-electron chi connectivity index (χ3n) is 8.47. The van der Waals surface area contributed by atoms with Gasteiger partial charge in [-0.15, -0.1) is 0 Å². The van der Waals surface area contributed by atoms with Crippen LogP contribution in [0.1, 0.15) is 69.1 Å². The lowest BCUT2D eigenvalue weighted by molar-refractivity contribution is -0.0349. The summed E-state index contributed by atoms with van der Waals surface area (Å²) in [6.45, 7) is 11.2. The van der Waals surface area contributed by atoms with E-state index in [1.165, 1.54) is 24.7 Å². The molecule has 1 spiro atoms. The van der Waals surface area contributed by atoms with E-state index >= 15 is 0 Å². The molecule has 0 N–H and O–H groups in total. The maximum absolute atomic E-state index is 14.3. The number of aromatic nitrogens is 3. The van der Waals surface area contributed by atoms with E-state index in [-0.39, 0.29) is 41.3 Å². The van der Waals surface area contributed by atoms with Crippen molar-refractivity contribution < 1.29 is 32.6 Å². The van der Waals surface area contributed by atoms with E-state index in [0.717, 1.165) is 60.1 Å². The molecule has 3 aliphatic rings. The largest absolute Gasteiger partial charge is 0.490 e. The monoisotopic (exact) mass is 648 g/mol. The minimum absolute atomic E-state index is 0.0235. The average Bonchev–Trinajstić information content (AvgIpc) is 3.42. The quantitative estimate of drug-likeness (QED) is 0.274. The second-order valence-corrected chi connectivity index (χ2v) is 13.6. The molecule has 0 atom stereocenters. The van der Waals surface area contributed by atoms with Crippen LogP contribution in [0.15, 0.2) is 55.5 Å². The van der Waals surface area contributed by atoms with Gasteiger partial charge in [-0.1, -0.05) is 0 Å². The van der Waals surface area contributed by atoms with E-state index in [9.17, 15) is 18.4 Å². The summed E-state index contributed by atoms with van der Waals surface area (Å²) < 4.78 is 45.4. The van der Waals surface area contributed by atoms with Crippen LogP contribution in [0.2, 0.25) is 0 Å². The van der Waals surface area contributed by atoms with Gasteiger partial charge in [-0.2, -0.15) is 0 Å². The number of carbonyl (C=O) groups is 2. The Kier molecular flexibility index (Phi) is 8.49. The topological polar surface area (TPSA) is 110 Å². The Hall–Kier alpha value is -4.81. The Morgan fingerprint density at radius 3 is 2.55 bits per heavy atom. The highest BCUT2D eigenvalue weighted by Crippen LogP contribution is 2.52. The van der Waals surface area contributed by atoms with Crippen molar-refractivity contribution in [3.05, 3.63) is 78.2 Å². The van der Waals surface area contributed by atoms with Crippen LogP contribution in [0.5, 0.6) is 17.2 Å². The average molecular weight is 649 g/mol. The first kappa shape index (κ1) is 32.1. The number of nitrogens with zero attached hydrogens (tertiary/aromatic N) is 6. The van der Waals surface area contributed by atoms with Crippen molar-refractivity contribution in [3.63, 3.8) is 0 Å². The van der Waals surface area contributed by atoms with Gasteiger partial charge in [0.25, 0.3) is 5.91 Å². The molecule has 2 aliphatic heterocycles. The zero-order valence-electron chi connectivity index (χ0n) is 27.1. The molecule has 4 heterocycles. The van der Waals surface area contributed by atoms with E-state index in [2.05, 4.69) is 19.9 Å². The van der Waals surface area contributed by atoms with Crippen LogP contribution in [0, 0.1) is 11.2 Å². The van der Waals surface area contributed by atoms with Gasteiger partial charge in [0, 0.05) is 42.5 Å². The third-order valence-corrected chi connectivity index (χ3v) is 8.47. The smallest absolute Gasteiger partial charge is 0.410 e. The molecule has 0 bridgehead atoms. The van der Waals surface area contributed by atoms with Crippen molar-refractivity contribution >= 4 is 17.8 Å². The fraction of sp³-hybridized carbons (Fsp3) is 0.441. The Morgan fingerprint density at radius 2 is 1.85 bits per heavy atom. The molecule has 1 aromatic carbocycles.